The third kappa shape index (κ3) is 5.63. The smallest absolute Gasteiger partial charge is 0.274 e. The molecule has 0 bridgehead atoms. The Morgan fingerprint density at radius 1 is 1.12 bits per heavy atom. The van der Waals surface area contributed by atoms with Gasteiger partial charge in [-0.25, -0.2) is 0 Å². The topological polar surface area (TPSA) is 91.7 Å². The highest BCUT2D eigenvalue weighted by Gasteiger charge is 2.35. The maximum Gasteiger partial charge on any atom is 0.274 e. The SMILES string of the molecule is CCCN(CCC)C(=O)c1cc(NC(=O)C2CC(=O)N(c3ccc(Cl)cc3)C2)c(=O)n(C)c1. The van der Waals surface area contributed by atoms with Crippen molar-refractivity contribution in [3.05, 3.63) is 57.5 Å². The van der Waals surface area contributed by atoms with Crippen molar-refractivity contribution >= 4 is 40.7 Å². The zero-order valence-electron chi connectivity index (χ0n) is 19.1. The molecule has 176 valence electrons. The number of amides is 3. The predicted molar refractivity (Wildman–Crippen MR) is 129 cm³/mol. The van der Waals surface area contributed by atoms with Crippen LogP contribution in [0, 0.1) is 5.92 Å². The zero-order chi connectivity index (χ0) is 24.1. The van der Waals surface area contributed by atoms with Gasteiger partial charge in [0.2, 0.25) is 11.8 Å². The Labute approximate surface area is 198 Å². The number of rotatable bonds is 8. The maximum atomic E-state index is 13.0. The lowest BCUT2D eigenvalue weighted by Crippen LogP contribution is -2.34. The number of nitrogens with zero attached hydrogens (tertiary/aromatic N) is 3. The van der Waals surface area contributed by atoms with Crippen LogP contribution in [0.25, 0.3) is 0 Å². The highest BCUT2D eigenvalue weighted by atomic mass is 35.5. The van der Waals surface area contributed by atoms with E-state index in [2.05, 4.69) is 5.32 Å². The van der Waals surface area contributed by atoms with Gasteiger partial charge in [-0.15, -0.1) is 0 Å². The molecule has 1 atom stereocenters. The summed E-state index contributed by atoms with van der Waals surface area (Å²) in [5.41, 5.74) is 0.602. The number of hydrogen-bond acceptors (Lipinski definition) is 4. The Kier molecular flexibility index (Phi) is 7.92. The van der Waals surface area contributed by atoms with Gasteiger partial charge in [-0.2, -0.15) is 0 Å². The van der Waals surface area contributed by atoms with Crippen LogP contribution in [0.1, 0.15) is 43.5 Å². The number of aryl methyl sites for hydroxylation is 1. The van der Waals surface area contributed by atoms with E-state index in [4.69, 9.17) is 11.6 Å². The summed E-state index contributed by atoms with van der Waals surface area (Å²) >= 11 is 5.92. The lowest BCUT2D eigenvalue weighted by molar-refractivity contribution is -0.122. The lowest BCUT2D eigenvalue weighted by atomic mass is 10.1. The van der Waals surface area contributed by atoms with Crippen LogP contribution in [0.3, 0.4) is 0 Å². The van der Waals surface area contributed by atoms with Crippen LogP contribution in [0.4, 0.5) is 11.4 Å². The van der Waals surface area contributed by atoms with Crippen LogP contribution in [-0.4, -0.2) is 46.8 Å². The second-order valence-electron chi connectivity index (χ2n) is 8.22. The van der Waals surface area contributed by atoms with Crippen molar-refractivity contribution in [2.24, 2.45) is 13.0 Å². The van der Waals surface area contributed by atoms with Crippen LogP contribution in [-0.2, 0) is 16.6 Å². The van der Waals surface area contributed by atoms with Gasteiger partial charge in [-0.1, -0.05) is 25.4 Å². The minimum absolute atomic E-state index is 0.0266. The molecule has 1 unspecified atom stereocenters. The normalized spacial score (nSPS) is 15.6. The molecule has 0 radical (unpaired) electrons. The average molecular weight is 473 g/mol. The third-order valence-electron chi connectivity index (χ3n) is 5.60. The standard InChI is InChI=1S/C24H29ClN4O4/c1-4-10-28(11-5-2)23(32)17-12-20(24(33)27(3)14-17)26-22(31)16-13-21(30)29(15-16)19-8-6-18(25)7-9-19/h6-9,12,14,16H,4-5,10-11,13,15H2,1-3H3,(H,26,31). The summed E-state index contributed by atoms with van der Waals surface area (Å²) in [6.45, 7) is 5.42. The molecule has 0 saturated carbocycles. The van der Waals surface area contributed by atoms with Crippen LogP contribution < -0.4 is 15.8 Å². The van der Waals surface area contributed by atoms with Gasteiger partial charge in [0.15, 0.2) is 0 Å². The highest BCUT2D eigenvalue weighted by Crippen LogP contribution is 2.27. The summed E-state index contributed by atoms with van der Waals surface area (Å²) in [7, 11) is 1.54. The van der Waals surface area contributed by atoms with E-state index in [0.29, 0.717) is 29.4 Å². The summed E-state index contributed by atoms with van der Waals surface area (Å²) in [4.78, 5) is 54.3. The van der Waals surface area contributed by atoms with Crippen molar-refractivity contribution in [3.8, 4) is 0 Å². The summed E-state index contributed by atoms with van der Waals surface area (Å²) in [5.74, 6) is -1.41. The molecule has 8 nitrogen and oxygen atoms in total. The molecule has 9 heteroatoms. The number of nitrogens with one attached hydrogen (secondary N) is 1. The zero-order valence-corrected chi connectivity index (χ0v) is 19.9. The van der Waals surface area contributed by atoms with Gasteiger partial charge in [0.05, 0.1) is 11.5 Å². The molecule has 2 heterocycles. The minimum atomic E-state index is -0.617. The number of hydrogen-bond donors (Lipinski definition) is 1. The number of halogens is 1. The molecule has 1 aliphatic heterocycles. The van der Waals surface area contributed by atoms with Crippen molar-refractivity contribution in [3.63, 3.8) is 0 Å². The molecule has 3 amide bonds. The van der Waals surface area contributed by atoms with E-state index in [1.165, 1.54) is 21.7 Å². The predicted octanol–water partition coefficient (Wildman–Crippen LogP) is 3.29. The second-order valence-corrected chi connectivity index (χ2v) is 8.66. The molecule has 2 aromatic rings. The number of carbonyl (C=O) groups is 3. The monoisotopic (exact) mass is 472 g/mol. The minimum Gasteiger partial charge on any atom is -0.339 e. The first-order valence-electron chi connectivity index (χ1n) is 11.1. The number of aromatic nitrogens is 1. The largest absolute Gasteiger partial charge is 0.339 e. The fourth-order valence-electron chi connectivity index (χ4n) is 3.94. The number of anilines is 2. The van der Waals surface area contributed by atoms with Gasteiger partial charge >= 0.3 is 0 Å². The summed E-state index contributed by atoms with van der Waals surface area (Å²) < 4.78 is 1.29. The molecule has 3 rings (SSSR count). The van der Waals surface area contributed by atoms with Crippen molar-refractivity contribution in [2.75, 3.05) is 29.9 Å². The number of carbonyl (C=O) groups excluding carboxylic acids is 3. The van der Waals surface area contributed by atoms with E-state index in [0.717, 1.165) is 12.8 Å². The molecule has 1 aromatic heterocycles. The third-order valence-corrected chi connectivity index (χ3v) is 5.85. The Balaban J connectivity index is 1.78. The summed E-state index contributed by atoms with van der Waals surface area (Å²) in [5, 5.41) is 3.21. The lowest BCUT2D eigenvalue weighted by Gasteiger charge is -2.22. The van der Waals surface area contributed by atoms with E-state index >= 15 is 0 Å². The first-order chi connectivity index (χ1) is 15.7. The second kappa shape index (κ2) is 10.7. The number of benzene rings is 1. The van der Waals surface area contributed by atoms with E-state index in [1.807, 2.05) is 13.8 Å². The molecule has 1 N–H and O–H groups in total. The van der Waals surface area contributed by atoms with E-state index in [1.54, 1.807) is 36.2 Å². The highest BCUT2D eigenvalue weighted by molar-refractivity contribution is 6.30. The molecule has 33 heavy (non-hydrogen) atoms. The van der Waals surface area contributed by atoms with Crippen molar-refractivity contribution in [1.82, 2.24) is 9.47 Å². The Morgan fingerprint density at radius 3 is 2.36 bits per heavy atom. The molecule has 0 spiro atoms. The van der Waals surface area contributed by atoms with Crippen molar-refractivity contribution in [2.45, 2.75) is 33.1 Å². The van der Waals surface area contributed by atoms with E-state index < -0.39 is 17.4 Å². The van der Waals surface area contributed by atoms with Gasteiger partial charge < -0.3 is 19.7 Å². The van der Waals surface area contributed by atoms with Crippen LogP contribution in [0.5, 0.6) is 0 Å². The molecule has 1 fully saturated rings. The van der Waals surface area contributed by atoms with Crippen LogP contribution in [0.2, 0.25) is 5.02 Å². The molecule has 0 aliphatic carbocycles. The quantitative estimate of drug-likeness (QED) is 0.638. The molecule has 1 saturated heterocycles. The van der Waals surface area contributed by atoms with Gasteiger partial charge in [-0.05, 0) is 43.2 Å². The Morgan fingerprint density at radius 2 is 1.76 bits per heavy atom. The number of pyridine rings is 1. The Bertz CT molecular complexity index is 1090. The van der Waals surface area contributed by atoms with E-state index in [-0.39, 0.29) is 30.5 Å². The van der Waals surface area contributed by atoms with Gasteiger partial charge in [0, 0.05) is 50.0 Å². The van der Waals surface area contributed by atoms with Crippen molar-refractivity contribution < 1.29 is 14.4 Å². The molecular weight excluding hydrogens is 444 g/mol. The molecule has 1 aromatic carbocycles. The Hall–Kier alpha value is -3.13. The van der Waals surface area contributed by atoms with Crippen LogP contribution in [0.15, 0.2) is 41.3 Å². The van der Waals surface area contributed by atoms with Crippen molar-refractivity contribution in [1.29, 1.82) is 0 Å². The molecule has 1 aliphatic rings. The summed E-state index contributed by atoms with van der Waals surface area (Å²) in [6, 6.07) is 8.25. The van der Waals surface area contributed by atoms with Gasteiger partial charge in [-0.3, -0.25) is 19.2 Å². The van der Waals surface area contributed by atoms with Crippen LogP contribution >= 0.6 is 11.6 Å². The maximum absolute atomic E-state index is 13.0. The van der Waals surface area contributed by atoms with Gasteiger partial charge in [0.25, 0.3) is 11.5 Å². The van der Waals surface area contributed by atoms with Gasteiger partial charge in [0.1, 0.15) is 5.69 Å². The van der Waals surface area contributed by atoms with E-state index in [9.17, 15) is 19.2 Å². The average Bonchev–Trinajstić information content (AvgIpc) is 3.18. The fourth-order valence-corrected chi connectivity index (χ4v) is 4.07. The fraction of sp³-hybridized carbons (Fsp3) is 0.417. The summed E-state index contributed by atoms with van der Waals surface area (Å²) in [6.07, 6.45) is 3.16. The first-order valence-corrected chi connectivity index (χ1v) is 11.5. The molecular formula is C24H29ClN4O4. The first kappa shape index (κ1) is 24.5.